The summed E-state index contributed by atoms with van der Waals surface area (Å²) in [5.41, 5.74) is 6.05. The van der Waals surface area contributed by atoms with Crippen molar-refractivity contribution in [2.45, 2.75) is 25.3 Å². The van der Waals surface area contributed by atoms with Crippen LogP contribution in [0.15, 0.2) is 24.3 Å². The van der Waals surface area contributed by atoms with E-state index in [-0.39, 0.29) is 23.9 Å². The first-order chi connectivity index (χ1) is 8.60. The number of para-hydroxylation sites is 1. The summed E-state index contributed by atoms with van der Waals surface area (Å²) < 4.78 is 5.20. The molecule has 0 saturated heterocycles. The van der Waals surface area contributed by atoms with Crippen LogP contribution in [-0.2, 0) is 0 Å². The van der Waals surface area contributed by atoms with Gasteiger partial charge in [-0.05, 0) is 37.8 Å². The van der Waals surface area contributed by atoms with E-state index in [9.17, 15) is 4.79 Å². The first-order valence-electron chi connectivity index (χ1n) is 6.26. The van der Waals surface area contributed by atoms with Gasteiger partial charge in [0, 0.05) is 6.54 Å². The molecule has 1 aromatic rings. The van der Waals surface area contributed by atoms with E-state index in [1.165, 1.54) is 0 Å². The molecule has 0 bridgehead atoms. The number of carbonyl (C=O) groups is 1. The molecule has 1 amide bonds. The fraction of sp³-hybridized carbons (Fsp3) is 0.500. The molecule has 106 valence electrons. The maximum Gasteiger partial charge on any atom is 0.255 e. The van der Waals surface area contributed by atoms with Crippen molar-refractivity contribution in [1.82, 2.24) is 5.32 Å². The monoisotopic (exact) mass is 284 g/mol. The quantitative estimate of drug-likeness (QED) is 0.869. The highest BCUT2D eigenvalue weighted by molar-refractivity contribution is 5.97. The first-order valence-corrected chi connectivity index (χ1v) is 6.26. The van der Waals surface area contributed by atoms with Gasteiger partial charge in [-0.2, -0.15) is 0 Å². The smallest absolute Gasteiger partial charge is 0.255 e. The molecule has 1 atom stereocenters. The normalized spacial score (nSPS) is 17.0. The van der Waals surface area contributed by atoms with Crippen LogP contribution in [0.3, 0.4) is 0 Å². The van der Waals surface area contributed by atoms with E-state index in [0.29, 0.717) is 23.8 Å². The number of nitrogens with one attached hydrogen (secondary N) is 1. The zero-order valence-corrected chi connectivity index (χ0v) is 12.1. The van der Waals surface area contributed by atoms with Crippen LogP contribution in [-0.4, -0.2) is 25.1 Å². The molecule has 4 nitrogen and oxygen atoms in total. The third-order valence-electron chi connectivity index (χ3n) is 3.65. The lowest BCUT2D eigenvalue weighted by atomic mass is 9.95. The molecule has 3 N–H and O–H groups in total. The van der Waals surface area contributed by atoms with Gasteiger partial charge in [0.2, 0.25) is 0 Å². The van der Waals surface area contributed by atoms with E-state index >= 15 is 0 Å². The minimum Gasteiger partial charge on any atom is -0.496 e. The summed E-state index contributed by atoms with van der Waals surface area (Å²) in [6, 6.07) is 7.22. The van der Waals surface area contributed by atoms with Crippen molar-refractivity contribution in [3.8, 4) is 5.75 Å². The second kappa shape index (κ2) is 6.26. The standard InChI is InChI=1S/C14H20N2O2.ClH/c1-14(9-15,10-7-8-10)16-13(17)11-5-3-4-6-12(11)18-2;/h3-6,10H,7-9,15H2,1-2H3,(H,16,17);1H. The second-order valence-corrected chi connectivity index (χ2v) is 5.05. The highest BCUT2D eigenvalue weighted by Crippen LogP contribution is 2.39. The van der Waals surface area contributed by atoms with E-state index in [1.54, 1.807) is 19.2 Å². The van der Waals surface area contributed by atoms with Crippen LogP contribution in [0.1, 0.15) is 30.1 Å². The van der Waals surface area contributed by atoms with Crippen molar-refractivity contribution in [1.29, 1.82) is 0 Å². The number of hydrogen-bond acceptors (Lipinski definition) is 3. The van der Waals surface area contributed by atoms with Gasteiger partial charge in [-0.1, -0.05) is 12.1 Å². The Hall–Kier alpha value is -1.26. The molecule has 0 aromatic heterocycles. The zero-order chi connectivity index (χ0) is 13.2. The maximum atomic E-state index is 12.3. The SMILES string of the molecule is COc1ccccc1C(=O)NC(C)(CN)C1CC1.Cl. The van der Waals surface area contributed by atoms with Crippen molar-refractivity contribution in [3.05, 3.63) is 29.8 Å². The van der Waals surface area contributed by atoms with Crippen LogP contribution < -0.4 is 15.8 Å². The Bertz CT molecular complexity index is 449. The molecule has 1 fully saturated rings. The number of methoxy groups -OCH3 is 1. The lowest BCUT2D eigenvalue weighted by molar-refractivity contribution is 0.0894. The summed E-state index contributed by atoms with van der Waals surface area (Å²) in [6.07, 6.45) is 2.28. The number of halogens is 1. The predicted octanol–water partition coefficient (Wildman–Crippen LogP) is 1.97. The number of ether oxygens (including phenoxy) is 1. The molecule has 2 rings (SSSR count). The summed E-state index contributed by atoms with van der Waals surface area (Å²) in [5.74, 6) is 0.971. The Labute approximate surface area is 120 Å². The zero-order valence-electron chi connectivity index (χ0n) is 11.3. The van der Waals surface area contributed by atoms with Gasteiger partial charge in [-0.25, -0.2) is 0 Å². The fourth-order valence-electron chi connectivity index (χ4n) is 2.20. The molecule has 0 spiro atoms. The average molecular weight is 285 g/mol. The minimum atomic E-state index is -0.308. The number of carbonyl (C=O) groups excluding carboxylic acids is 1. The van der Waals surface area contributed by atoms with Gasteiger partial charge >= 0.3 is 0 Å². The van der Waals surface area contributed by atoms with Crippen molar-refractivity contribution in [3.63, 3.8) is 0 Å². The van der Waals surface area contributed by atoms with Gasteiger partial charge in [0.15, 0.2) is 0 Å². The topological polar surface area (TPSA) is 64.3 Å². The number of nitrogens with two attached hydrogens (primary N) is 1. The van der Waals surface area contributed by atoms with Gasteiger partial charge in [-0.3, -0.25) is 4.79 Å². The molecule has 1 aromatic carbocycles. The Kier molecular flexibility index (Phi) is 5.20. The molecule has 1 unspecified atom stereocenters. The van der Waals surface area contributed by atoms with Gasteiger partial charge in [-0.15, -0.1) is 12.4 Å². The van der Waals surface area contributed by atoms with E-state index in [2.05, 4.69) is 5.32 Å². The van der Waals surface area contributed by atoms with Crippen LogP contribution in [0, 0.1) is 5.92 Å². The summed E-state index contributed by atoms with van der Waals surface area (Å²) in [5, 5.41) is 3.05. The van der Waals surface area contributed by atoms with E-state index < -0.39 is 0 Å². The summed E-state index contributed by atoms with van der Waals surface area (Å²) in [7, 11) is 1.56. The van der Waals surface area contributed by atoms with Crippen LogP contribution in [0.25, 0.3) is 0 Å². The van der Waals surface area contributed by atoms with Gasteiger partial charge in [0.05, 0.1) is 18.2 Å². The van der Waals surface area contributed by atoms with Crippen molar-refractivity contribution < 1.29 is 9.53 Å². The largest absolute Gasteiger partial charge is 0.496 e. The van der Waals surface area contributed by atoms with Crippen LogP contribution >= 0.6 is 12.4 Å². The molecule has 1 saturated carbocycles. The van der Waals surface area contributed by atoms with Gasteiger partial charge in [0.25, 0.3) is 5.91 Å². The van der Waals surface area contributed by atoms with Crippen LogP contribution in [0.2, 0.25) is 0 Å². The Morgan fingerprint density at radius 2 is 2.11 bits per heavy atom. The molecular formula is C14H21ClN2O2. The predicted molar refractivity (Wildman–Crippen MR) is 77.9 cm³/mol. The third kappa shape index (κ3) is 3.39. The number of hydrogen-bond donors (Lipinski definition) is 2. The van der Waals surface area contributed by atoms with E-state index in [1.807, 2.05) is 19.1 Å². The van der Waals surface area contributed by atoms with Crippen molar-refractivity contribution >= 4 is 18.3 Å². The van der Waals surface area contributed by atoms with E-state index in [0.717, 1.165) is 12.8 Å². The highest BCUT2D eigenvalue weighted by atomic mass is 35.5. The lowest BCUT2D eigenvalue weighted by Gasteiger charge is -2.29. The molecular weight excluding hydrogens is 264 g/mol. The van der Waals surface area contributed by atoms with Crippen molar-refractivity contribution in [2.75, 3.05) is 13.7 Å². The maximum absolute atomic E-state index is 12.3. The second-order valence-electron chi connectivity index (χ2n) is 5.05. The lowest BCUT2D eigenvalue weighted by Crippen LogP contribution is -2.53. The molecule has 1 aliphatic carbocycles. The number of amides is 1. The fourth-order valence-corrected chi connectivity index (χ4v) is 2.20. The molecule has 5 heteroatoms. The van der Waals surface area contributed by atoms with Crippen LogP contribution in [0.5, 0.6) is 5.75 Å². The molecule has 0 aliphatic heterocycles. The first kappa shape index (κ1) is 15.8. The van der Waals surface area contributed by atoms with Crippen LogP contribution in [0.4, 0.5) is 0 Å². The summed E-state index contributed by atoms with van der Waals surface area (Å²) in [6.45, 7) is 2.47. The highest BCUT2D eigenvalue weighted by Gasteiger charge is 2.41. The average Bonchev–Trinajstić information content (AvgIpc) is 3.23. The van der Waals surface area contributed by atoms with E-state index in [4.69, 9.17) is 10.5 Å². The Balaban J connectivity index is 0.00000180. The molecule has 0 heterocycles. The molecule has 1 aliphatic rings. The molecule has 0 radical (unpaired) electrons. The Morgan fingerprint density at radius 3 is 2.63 bits per heavy atom. The molecule has 19 heavy (non-hydrogen) atoms. The van der Waals surface area contributed by atoms with Crippen molar-refractivity contribution in [2.24, 2.45) is 11.7 Å². The Morgan fingerprint density at radius 1 is 1.47 bits per heavy atom. The van der Waals surface area contributed by atoms with Gasteiger partial charge in [0.1, 0.15) is 5.75 Å². The van der Waals surface area contributed by atoms with Gasteiger partial charge < -0.3 is 15.8 Å². The third-order valence-corrected chi connectivity index (χ3v) is 3.65. The number of benzene rings is 1. The summed E-state index contributed by atoms with van der Waals surface area (Å²) in [4.78, 5) is 12.3. The summed E-state index contributed by atoms with van der Waals surface area (Å²) >= 11 is 0. The number of rotatable bonds is 5. The minimum absolute atomic E-state index is 0.